The first-order valence-corrected chi connectivity index (χ1v) is 8.68. The Morgan fingerprint density at radius 1 is 0.923 bits per heavy atom. The van der Waals surface area contributed by atoms with Crippen LogP contribution in [0.5, 0.6) is 5.75 Å². The van der Waals surface area contributed by atoms with Gasteiger partial charge in [-0.15, -0.1) is 0 Å². The maximum atomic E-state index is 14.2. The molecule has 1 N–H and O–H groups in total. The predicted molar refractivity (Wildman–Crippen MR) is 97.1 cm³/mol. The monoisotopic (exact) mass is 351 g/mol. The van der Waals surface area contributed by atoms with Crippen LogP contribution in [0.3, 0.4) is 0 Å². The maximum Gasteiger partial charge on any atom is 0.128 e. The van der Waals surface area contributed by atoms with Gasteiger partial charge in [-0.05, 0) is 53.4 Å². The second-order valence-electron chi connectivity index (χ2n) is 6.44. The van der Waals surface area contributed by atoms with Crippen molar-refractivity contribution in [2.45, 2.75) is 19.1 Å². The molecule has 0 saturated carbocycles. The molecule has 4 heteroatoms. The number of halogens is 2. The fraction of sp³-hybridized carbons (Fsp3) is 0.182. The van der Waals surface area contributed by atoms with Crippen LogP contribution in [0.15, 0.2) is 66.7 Å². The summed E-state index contributed by atoms with van der Waals surface area (Å²) in [4.78, 5) is 0. The Morgan fingerprint density at radius 3 is 2.62 bits per heavy atom. The summed E-state index contributed by atoms with van der Waals surface area (Å²) >= 11 is 0. The molecule has 1 aliphatic heterocycles. The number of fused-ring (bicyclic) bond motifs is 1. The van der Waals surface area contributed by atoms with Crippen LogP contribution in [0.2, 0.25) is 0 Å². The van der Waals surface area contributed by atoms with E-state index < -0.39 is 11.6 Å². The summed E-state index contributed by atoms with van der Waals surface area (Å²) in [6, 6.07) is 19.0. The SMILES string of the molecule is Fc1ccc(F)c(C2NCCc3cc(OCc4ccccc4)ccc32)c1. The lowest BCUT2D eigenvalue weighted by Crippen LogP contribution is -2.31. The first-order chi connectivity index (χ1) is 12.7. The summed E-state index contributed by atoms with van der Waals surface area (Å²) in [5, 5.41) is 3.29. The topological polar surface area (TPSA) is 21.3 Å². The highest BCUT2D eigenvalue weighted by atomic mass is 19.1. The lowest BCUT2D eigenvalue weighted by Gasteiger charge is -2.28. The van der Waals surface area contributed by atoms with Crippen LogP contribution in [0.4, 0.5) is 8.78 Å². The summed E-state index contributed by atoms with van der Waals surface area (Å²) in [7, 11) is 0. The Hall–Kier alpha value is -2.72. The van der Waals surface area contributed by atoms with Gasteiger partial charge in [0.25, 0.3) is 0 Å². The standard InChI is InChI=1S/C22H19F2NO/c23-17-6-9-21(24)20(13-17)22-19-8-7-18(12-16(19)10-11-25-22)26-14-15-4-2-1-3-5-15/h1-9,12-13,22,25H,10-11,14H2. The third kappa shape index (κ3) is 3.46. The first kappa shape index (κ1) is 16.7. The quantitative estimate of drug-likeness (QED) is 0.730. The summed E-state index contributed by atoms with van der Waals surface area (Å²) in [5.41, 5.74) is 3.51. The predicted octanol–water partition coefficient (Wildman–Crippen LogP) is 4.78. The second kappa shape index (κ2) is 7.26. The zero-order chi connectivity index (χ0) is 17.9. The minimum absolute atomic E-state index is 0.337. The molecule has 0 fully saturated rings. The molecule has 2 nitrogen and oxygen atoms in total. The zero-order valence-electron chi connectivity index (χ0n) is 14.2. The number of hydrogen-bond donors (Lipinski definition) is 1. The van der Waals surface area contributed by atoms with E-state index in [9.17, 15) is 8.78 Å². The van der Waals surface area contributed by atoms with E-state index in [2.05, 4.69) is 5.32 Å². The van der Waals surface area contributed by atoms with Gasteiger partial charge < -0.3 is 10.1 Å². The number of benzene rings is 3. The molecule has 0 radical (unpaired) electrons. The van der Waals surface area contributed by atoms with Gasteiger partial charge in [0.2, 0.25) is 0 Å². The molecule has 3 aromatic carbocycles. The van der Waals surface area contributed by atoms with Crippen molar-refractivity contribution in [3.05, 3.63) is 101 Å². The smallest absolute Gasteiger partial charge is 0.128 e. The molecule has 1 aliphatic rings. The molecule has 0 aliphatic carbocycles. The lowest BCUT2D eigenvalue weighted by molar-refractivity contribution is 0.305. The highest BCUT2D eigenvalue weighted by molar-refractivity contribution is 5.44. The Balaban J connectivity index is 1.58. The average molecular weight is 351 g/mol. The van der Waals surface area contributed by atoms with Crippen LogP contribution in [0.1, 0.15) is 28.3 Å². The Bertz CT molecular complexity index is 911. The van der Waals surface area contributed by atoms with Crippen molar-refractivity contribution < 1.29 is 13.5 Å². The van der Waals surface area contributed by atoms with Gasteiger partial charge in [0, 0.05) is 12.1 Å². The number of rotatable bonds is 4. The fourth-order valence-electron chi connectivity index (χ4n) is 3.39. The van der Waals surface area contributed by atoms with Gasteiger partial charge in [0.1, 0.15) is 24.0 Å². The van der Waals surface area contributed by atoms with E-state index in [0.29, 0.717) is 18.7 Å². The van der Waals surface area contributed by atoms with Crippen molar-refractivity contribution in [3.63, 3.8) is 0 Å². The lowest BCUT2D eigenvalue weighted by atomic mass is 9.89. The molecule has 1 heterocycles. The van der Waals surface area contributed by atoms with Crippen molar-refractivity contribution in [1.82, 2.24) is 5.32 Å². The average Bonchev–Trinajstić information content (AvgIpc) is 2.68. The van der Waals surface area contributed by atoms with Gasteiger partial charge in [0.05, 0.1) is 6.04 Å². The summed E-state index contributed by atoms with van der Waals surface area (Å²) in [6.07, 6.45) is 0.825. The number of ether oxygens (including phenoxy) is 1. The Kier molecular flexibility index (Phi) is 4.67. The largest absolute Gasteiger partial charge is 0.489 e. The van der Waals surface area contributed by atoms with E-state index in [1.165, 1.54) is 12.1 Å². The minimum atomic E-state index is -0.432. The van der Waals surface area contributed by atoms with Crippen molar-refractivity contribution in [1.29, 1.82) is 0 Å². The van der Waals surface area contributed by atoms with E-state index in [1.54, 1.807) is 0 Å². The molecular weight excluding hydrogens is 332 g/mol. The van der Waals surface area contributed by atoms with Crippen LogP contribution in [0.25, 0.3) is 0 Å². The van der Waals surface area contributed by atoms with Gasteiger partial charge in [0.15, 0.2) is 0 Å². The van der Waals surface area contributed by atoms with Gasteiger partial charge in [-0.25, -0.2) is 8.78 Å². The highest BCUT2D eigenvalue weighted by Gasteiger charge is 2.24. The molecular formula is C22H19F2NO. The molecule has 1 unspecified atom stereocenters. The van der Waals surface area contributed by atoms with Crippen molar-refractivity contribution in [2.24, 2.45) is 0 Å². The summed E-state index contributed by atoms with van der Waals surface area (Å²) in [5.74, 6) is -0.0488. The summed E-state index contributed by atoms with van der Waals surface area (Å²) < 4.78 is 33.7. The highest BCUT2D eigenvalue weighted by Crippen LogP contribution is 2.32. The molecule has 0 aromatic heterocycles. The number of hydrogen-bond acceptors (Lipinski definition) is 2. The molecule has 0 saturated heterocycles. The molecule has 1 atom stereocenters. The normalized spacial score (nSPS) is 16.2. The molecule has 132 valence electrons. The van der Waals surface area contributed by atoms with Gasteiger partial charge in [-0.1, -0.05) is 36.4 Å². The van der Waals surface area contributed by atoms with E-state index >= 15 is 0 Å². The van der Waals surface area contributed by atoms with Gasteiger partial charge >= 0.3 is 0 Å². The van der Waals surface area contributed by atoms with Gasteiger partial charge in [-0.3, -0.25) is 0 Å². The van der Waals surface area contributed by atoms with E-state index in [-0.39, 0.29) is 6.04 Å². The molecule has 0 amide bonds. The first-order valence-electron chi connectivity index (χ1n) is 8.68. The van der Waals surface area contributed by atoms with E-state index in [4.69, 9.17) is 4.74 Å². The molecule has 0 bridgehead atoms. The Labute approximate surface area is 151 Å². The van der Waals surface area contributed by atoms with E-state index in [1.807, 2.05) is 48.5 Å². The van der Waals surface area contributed by atoms with Crippen molar-refractivity contribution in [2.75, 3.05) is 6.54 Å². The maximum absolute atomic E-state index is 14.2. The molecule has 4 rings (SSSR count). The zero-order valence-corrected chi connectivity index (χ0v) is 14.2. The fourth-order valence-corrected chi connectivity index (χ4v) is 3.39. The van der Waals surface area contributed by atoms with E-state index in [0.717, 1.165) is 34.9 Å². The third-order valence-electron chi connectivity index (χ3n) is 4.69. The van der Waals surface area contributed by atoms with Crippen LogP contribution < -0.4 is 10.1 Å². The summed E-state index contributed by atoms with van der Waals surface area (Å²) in [6.45, 7) is 1.20. The molecule has 26 heavy (non-hydrogen) atoms. The number of nitrogens with one attached hydrogen (secondary N) is 1. The van der Waals surface area contributed by atoms with Crippen LogP contribution >= 0.6 is 0 Å². The van der Waals surface area contributed by atoms with Gasteiger partial charge in [-0.2, -0.15) is 0 Å². The second-order valence-corrected chi connectivity index (χ2v) is 6.44. The van der Waals surface area contributed by atoms with Crippen molar-refractivity contribution >= 4 is 0 Å². The minimum Gasteiger partial charge on any atom is -0.489 e. The van der Waals surface area contributed by atoms with Crippen LogP contribution in [-0.2, 0) is 13.0 Å². The van der Waals surface area contributed by atoms with Crippen LogP contribution in [-0.4, -0.2) is 6.54 Å². The Morgan fingerprint density at radius 2 is 1.77 bits per heavy atom. The molecule has 3 aromatic rings. The van der Waals surface area contributed by atoms with Crippen LogP contribution in [0, 0.1) is 11.6 Å². The van der Waals surface area contributed by atoms with Crippen molar-refractivity contribution in [3.8, 4) is 5.75 Å². The molecule has 0 spiro atoms. The third-order valence-corrected chi connectivity index (χ3v) is 4.69.